The topological polar surface area (TPSA) is 67.9 Å². The number of rotatable bonds is 7. The SMILES string of the molecule is CC(C)C(CNC(=O)Nc1ccc(N(C)C(=O)c2ccc(Cl)cc2)cc1)N1CCN(C)CC1. The number of amides is 3. The van der Waals surface area contributed by atoms with E-state index in [1.807, 2.05) is 12.1 Å². The highest BCUT2D eigenvalue weighted by atomic mass is 35.5. The van der Waals surface area contributed by atoms with E-state index in [9.17, 15) is 9.59 Å². The zero-order valence-corrected chi connectivity index (χ0v) is 20.6. The molecular formula is C25H34ClN5O2. The van der Waals surface area contributed by atoms with Crippen molar-refractivity contribution in [3.8, 4) is 0 Å². The van der Waals surface area contributed by atoms with Crippen LogP contribution >= 0.6 is 11.6 Å². The summed E-state index contributed by atoms with van der Waals surface area (Å²) < 4.78 is 0. The summed E-state index contributed by atoms with van der Waals surface area (Å²) in [5.41, 5.74) is 1.96. The van der Waals surface area contributed by atoms with E-state index in [1.165, 1.54) is 0 Å². The van der Waals surface area contributed by atoms with Crippen molar-refractivity contribution in [1.82, 2.24) is 15.1 Å². The Morgan fingerprint density at radius 3 is 2.18 bits per heavy atom. The molecule has 3 rings (SSSR count). The molecule has 2 aromatic carbocycles. The van der Waals surface area contributed by atoms with Crippen LogP contribution in [-0.2, 0) is 0 Å². The smallest absolute Gasteiger partial charge is 0.319 e. The van der Waals surface area contributed by atoms with Crippen molar-refractivity contribution in [2.24, 2.45) is 5.92 Å². The van der Waals surface area contributed by atoms with Crippen molar-refractivity contribution in [3.63, 3.8) is 0 Å². The van der Waals surface area contributed by atoms with Crippen LogP contribution in [0.5, 0.6) is 0 Å². The maximum atomic E-state index is 12.7. The summed E-state index contributed by atoms with van der Waals surface area (Å²) >= 11 is 5.90. The first kappa shape index (κ1) is 25.0. The number of hydrogen-bond donors (Lipinski definition) is 2. The molecule has 1 aliphatic heterocycles. The Labute approximate surface area is 201 Å². The largest absolute Gasteiger partial charge is 0.336 e. The van der Waals surface area contributed by atoms with Gasteiger partial charge < -0.3 is 20.4 Å². The first-order chi connectivity index (χ1) is 15.7. The fraction of sp³-hybridized carbons (Fsp3) is 0.440. The number of carbonyl (C=O) groups is 2. The van der Waals surface area contributed by atoms with Crippen LogP contribution in [0.1, 0.15) is 24.2 Å². The van der Waals surface area contributed by atoms with Crippen LogP contribution in [-0.4, -0.2) is 74.6 Å². The minimum Gasteiger partial charge on any atom is -0.336 e. The summed E-state index contributed by atoms with van der Waals surface area (Å²) in [7, 11) is 3.86. The number of urea groups is 1. The Morgan fingerprint density at radius 1 is 1.00 bits per heavy atom. The number of anilines is 2. The molecule has 178 valence electrons. The highest BCUT2D eigenvalue weighted by Crippen LogP contribution is 2.20. The molecule has 8 heteroatoms. The summed E-state index contributed by atoms with van der Waals surface area (Å²) in [6, 6.07) is 14.1. The molecule has 0 saturated carbocycles. The first-order valence-corrected chi connectivity index (χ1v) is 11.7. The Kier molecular flexibility index (Phi) is 8.72. The van der Waals surface area contributed by atoms with Gasteiger partial charge in [0.05, 0.1) is 0 Å². The number of nitrogens with one attached hydrogen (secondary N) is 2. The molecule has 0 aromatic heterocycles. The van der Waals surface area contributed by atoms with Crippen molar-refractivity contribution in [3.05, 3.63) is 59.1 Å². The van der Waals surface area contributed by atoms with Crippen LogP contribution in [0.4, 0.5) is 16.2 Å². The first-order valence-electron chi connectivity index (χ1n) is 11.4. The lowest BCUT2D eigenvalue weighted by Crippen LogP contribution is -2.54. The van der Waals surface area contributed by atoms with Crippen molar-refractivity contribution >= 4 is 34.9 Å². The molecule has 0 bridgehead atoms. The predicted molar refractivity (Wildman–Crippen MR) is 135 cm³/mol. The minimum absolute atomic E-state index is 0.131. The lowest BCUT2D eigenvalue weighted by molar-refractivity contribution is 0.0890. The van der Waals surface area contributed by atoms with E-state index in [1.54, 1.807) is 48.3 Å². The third-order valence-electron chi connectivity index (χ3n) is 6.16. The Balaban J connectivity index is 1.52. The number of hydrogen-bond acceptors (Lipinski definition) is 4. The lowest BCUT2D eigenvalue weighted by Gasteiger charge is -2.39. The molecule has 1 saturated heterocycles. The molecule has 1 atom stereocenters. The van der Waals surface area contributed by atoms with Crippen LogP contribution < -0.4 is 15.5 Å². The fourth-order valence-corrected chi connectivity index (χ4v) is 4.11. The monoisotopic (exact) mass is 471 g/mol. The van der Waals surface area contributed by atoms with Gasteiger partial charge in [-0.2, -0.15) is 0 Å². The van der Waals surface area contributed by atoms with Crippen molar-refractivity contribution in [2.75, 3.05) is 57.0 Å². The third kappa shape index (κ3) is 6.93. The summed E-state index contributed by atoms with van der Waals surface area (Å²) in [5, 5.41) is 6.50. The molecule has 0 radical (unpaired) electrons. The fourth-order valence-electron chi connectivity index (χ4n) is 3.98. The van der Waals surface area contributed by atoms with Gasteiger partial charge in [-0.15, -0.1) is 0 Å². The molecule has 1 fully saturated rings. The van der Waals surface area contributed by atoms with Gasteiger partial charge in [-0.3, -0.25) is 9.69 Å². The quantitative estimate of drug-likeness (QED) is 0.640. The second-order valence-corrected chi connectivity index (χ2v) is 9.34. The highest BCUT2D eigenvalue weighted by Gasteiger charge is 2.25. The molecule has 0 spiro atoms. The van der Waals surface area contributed by atoms with Crippen molar-refractivity contribution in [2.45, 2.75) is 19.9 Å². The van der Waals surface area contributed by atoms with Gasteiger partial charge in [0.25, 0.3) is 5.91 Å². The summed E-state index contributed by atoms with van der Waals surface area (Å²) in [5.74, 6) is 0.315. The van der Waals surface area contributed by atoms with Gasteiger partial charge in [-0.25, -0.2) is 4.79 Å². The number of carbonyl (C=O) groups excluding carboxylic acids is 2. The number of likely N-dealkylation sites (N-methyl/N-ethyl adjacent to an activating group) is 1. The number of benzene rings is 2. The predicted octanol–water partition coefficient (Wildman–Crippen LogP) is 4.01. The molecule has 7 nitrogen and oxygen atoms in total. The van der Waals surface area contributed by atoms with E-state index < -0.39 is 0 Å². The van der Waals surface area contributed by atoms with E-state index in [2.05, 4.69) is 41.3 Å². The Bertz CT molecular complexity index is 925. The number of piperazine rings is 1. The van der Waals surface area contributed by atoms with Gasteiger partial charge in [0.1, 0.15) is 0 Å². The van der Waals surface area contributed by atoms with E-state index in [0.29, 0.717) is 34.8 Å². The van der Waals surface area contributed by atoms with Gasteiger partial charge in [0, 0.05) is 67.8 Å². The van der Waals surface area contributed by atoms with Crippen LogP contribution in [0.3, 0.4) is 0 Å². The second kappa shape index (κ2) is 11.5. The van der Waals surface area contributed by atoms with Gasteiger partial charge in [0.15, 0.2) is 0 Å². The van der Waals surface area contributed by atoms with Crippen LogP contribution in [0.25, 0.3) is 0 Å². The van der Waals surface area contributed by atoms with E-state index >= 15 is 0 Å². The van der Waals surface area contributed by atoms with Gasteiger partial charge in [0.2, 0.25) is 0 Å². The van der Waals surface area contributed by atoms with Crippen molar-refractivity contribution < 1.29 is 9.59 Å². The molecule has 1 heterocycles. The van der Waals surface area contributed by atoms with E-state index in [4.69, 9.17) is 11.6 Å². The molecular weight excluding hydrogens is 438 g/mol. The summed E-state index contributed by atoms with van der Waals surface area (Å²) in [6.45, 7) is 9.14. The summed E-state index contributed by atoms with van der Waals surface area (Å²) in [4.78, 5) is 31.5. The average molecular weight is 472 g/mol. The maximum absolute atomic E-state index is 12.7. The third-order valence-corrected chi connectivity index (χ3v) is 6.41. The lowest BCUT2D eigenvalue weighted by atomic mass is 10.0. The minimum atomic E-state index is -0.229. The van der Waals surface area contributed by atoms with Crippen LogP contribution in [0, 0.1) is 5.92 Å². The van der Waals surface area contributed by atoms with E-state index in [-0.39, 0.29) is 11.9 Å². The maximum Gasteiger partial charge on any atom is 0.319 e. The molecule has 33 heavy (non-hydrogen) atoms. The van der Waals surface area contributed by atoms with Crippen LogP contribution in [0.2, 0.25) is 5.02 Å². The standard InChI is InChI=1S/C25H34ClN5O2/c1-18(2)23(31-15-13-29(3)14-16-31)17-27-25(33)28-21-9-11-22(12-10-21)30(4)24(32)19-5-7-20(26)8-6-19/h5-12,18,23H,13-17H2,1-4H3,(H2,27,28,33). The van der Waals surface area contributed by atoms with Gasteiger partial charge >= 0.3 is 6.03 Å². The second-order valence-electron chi connectivity index (χ2n) is 8.90. The number of nitrogens with zero attached hydrogens (tertiary/aromatic N) is 3. The van der Waals surface area contributed by atoms with E-state index in [0.717, 1.165) is 31.9 Å². The zero-order valence-electron chi connectivity index (χ0n) is 19.8. The Hall–Kier alpha value is -2.61. The van der Waals surface area contributed by atoms with Crippen molar-refractivity contribution in [1.29, 1.82) is 0 Å². The van der Waals surface area contributed by atoms with Gasteiger partial charge in [-0.05, 0) is 61.5 Å². The molecule has 0 aliphatic carbocycles. The molecule has 2 aromatic rings. The zero-order chi connectivity index (χ0) is 24.0. The van der Waals surface area contributed by atoms with Gasteiger partial charge in [-0.1, -0.05) is 25.4 Å². The number of halogens is 1. The Morgan fingerprint density at radius 2 is 1.61 bits per heavy atom. The molecule has 1 aliphatic rings. The molecule has 2 N–H and O–H groups in total. The molecule has 3 amide bonds. The average Bonchev–Trinajstić information content (AvgIpc) is 2.80. The highest BCUT2D eigenvalue weighted by molar-refractivity contribution is 6.30. The molecule has 1 unspecified atom stereocenters. The van der Waals surface area contributed by atoms with Crippen LogP contribution in [0.15, 0.2) is 48.5 Å². The summed E-state index contributed by atoms with van der Waals surface area (Å²) in [6.07, 6.45) is 0. The normalized spacial score (nSPS) is 15.8.